The highest BCUT2D eigenvalue weighted by molar-refractivity contribution is 6.43. The predicted octanol–water partition coefficient (Wildman–Crippen LogP) is 1.68. The van der Waals surface area contributed by atoms with Gasteiger partial charge in [0.1, 0.15) is 6.61 Å². The van der Waals surface area contributed by atoms with Crippen molar-refractivity contribution in [2.24, 2.45) is 5.16 Å². The van der Waals surface area contributed by atoms with Crippen molar-refractivity contribution < 1.29 is 14.7 Å². The van der Waals surface area contributed by atoms with Gasteiger partial charge in [0.25, 0.3) is 0 Å². The van der Waals surface area contributed by atoms with Crippen LogP contribution >= 0.6 is 0 Å². The molecule has 2 rings (SSSR count). The smallest absolute Gasteiger partial charge is 0.358 e. The lowest BCUT2D eigenvalue weighted by molar-refractivity contribution is -0.129. The fourth-order valence-electron chi connectivity index (χ4n) is 1.79. The van der Waals surface area contributed by atoms with Crippen LogP contribution in [0.5, 0.6) is 0 Å². The molecule has 1 heterocycles. The molecular weight excluding hydrogens is 234 g/mol. The molecule has 18 heavy (non-hydrogen) atoms. The standard InChI is InChI=1S/C11H11N3O3.CH4/c1-13-9-3-2-6-8(7(9)4-12)5-17-14-10(6)11(15)16;/h2-4,12-13H,5H2,1H3,(H,15,16);1H4. The van der Waals surface area contributed by atoms with Crippen LogP contribution in [0.1, 0.15) is 24.1 Å². The van der Waals surface area contributed by atoms with E-state index in [4.69, 9.17) is 15.4 Å². The number of carboxylic acids is 1. The Morgan fingerprint density at radius 3 is 2.89 bits per heavy atom. The Morgan fingerprint density at radius 1 is 1.61 bits per heavy atom. The lowest BCUT2D eigenvalue weighted by Crippen LogP contribution is -2.22. The second-order valence-electron chi connectivity index (χ2n) is 3.47. The van der Waals surface area contributed by atoms with Crippen LogP contribution in [0.2, 0.25) is 0 Å². The zero-order chi connectivity index (χ0) is 12.4. The third-order valence-corrected chi connectivity index (χ3v) is 2.59. The molecule has 0 bridgehead atoms. The second-order valence-corrected chi connectivity index (χ2v) is 3.47. The van der Waals surface area contributed by atoms with Gasteiger partial charge in [-0.1, -0.05) is 12.6 Å². The first-order chi connectivity index (χ1) is 8.19. The summed E-state index contributed by atoms with van der Waals surface area (Å²) >= 11 is 0. The van der Waals surface area contributed by atoms with E-state index < -0.39 is 5.97 Å². The van der Waals surface area contributed by atoms with E-state index in [1.807, 2.05) is 0 Å². The zero-order valence-electron chi connectivity index (χ0n) is 9.15. The summed E-state index contributed by atoms with van der Waals surface area (Å²) < 4.78 is 0. The number of fused-ring (bicyclic) bond motifs is 1. The van der Waals surface area contributed by atoms with Gasteiger partial charge in [-0.15, -0.1) is 0 Å². The monoisotopic (exact) mass is 249 g/mol. The largest absolute Gasteiger partial charge is 0.476 e. The van der Waals surface area contributed by atoms with Crippen LogP contribution in [0.4, 0.5) is 5.69 Å². The highest BCUT2D eigenvalue weighted by Crippen LogP contribution is 2.26. The molecular formula is C12H15N3O3. The molecule has 96 valence electrons. The van der Waals surface area contributed by atoms with Crippen molar-refractivity contribution in [1.82, 2.24) is 0 Å². The molecule has 3 N–H and O–H groups in total. The summed E-state index contributed by atoms with van der Waals surface area (Å²) in [6, 6.07) is 3.40. The SMILES string of the molecule is C.CNc1ccc2c(c1C=N)CON=C2C(=O)O. The summed E-state index contributed by atoms with van der Waals surface area (Å²) in [4.78, 5) is 15.9. The predicted molar refractivity (Wildman–Crippen MR) is 69.6 cm³/mol. The summed E-state index contributed by atoms with van der Waals surface area (Å²) in [5.74, 6) is -1.14. The molecule has 0 aliphatic carbocycles. The number of nitrogens with zero attached hydrogens (tertiary/aromatic N) is 1. The van der Waals surface area contributed by atoms with E-state index in [0.29, 0.717) is 16.7 Å². The minimum atomic E-state index is -1.14. The molecule has 0 saturated heterocycles. The Morgan fingerprint density at radius 2 is 2.33 bits per heavy atom. The number of carbonyl (C=O) groups is 1. The second kappa shape index (κ2) is 5.31. The van der Waals surface area contributed by atoms with Crippen LogP contribution in [-0.2, 0) is 16.2 Å². The van der Waals surface area contributed by atoms with Gasteiger partial charge in [-0.3, -0.25) is 0 Å². The number of carboxylic acid groups (broad SMARTS) is 1. The maximum absolute atomic E-state index is 11.0. The Balaban J connectivity index is 0.00000162. The maximum Gasteiger partial charge on any atom is 0.358 e. The van der Waals surface area contributed by atoms with Crippen molar-refractivity contribution in [3.05, 3.63) is 28.8 Å². The van der Waals surface area contributed by atoms with Crippen molar-refractivity contribution in [3.8, 4) is 0 Å². The average molecular weight is 249 g/mol. The molecule has 0 atom stereocenters. The minimum absolute atomic E-state index is 0. The fraction of sp³-hybridized carbons (Fsp3) is 0.250. The topological polar surface area (TPSA) is 94.8 Å². The summed E-state index contributed by atoms with van der Waals surface area (Å²) in [6.45, 7) is 0.173. The fourth-order valence-corrected chi connectivity index (χ4v) is 1.79. The number of nitrogens with one attached hydrogen (secondary N) is 2. The lowest BCUT2D eigenvalue weighted by Gasteiger charge is -2.18. The Labute approximate surface area is 105 Å². The van der Waals surface area contributed by atoms with Crippen LogP contribution in [0.15, 0.2) is 17.3 Å². The molecule has 0 unspecified atom stereocenters. The molecule has 0 amide bonds. The first-order valence-corrected chi connectivity index (χ1v) is 4.96. The van der Waals surface area contributed by atoms with Gasteiger partial charge in [-0.25, -0.2) is 4.79 Å². The molecule has 0 spiro atoms. The van der Waals surface area contributed by atoms with E-state index in [-0.39, 0.29) is 19.7 Å². The van der Waals surface area contributed by atoms with Gasteiger partial charge in [-0.05, 0) is 12.1 Å². The number of aliphatic carboxylic acids is 1. The van der Waals surface area contributed by atoms with E-state index in [9.17, 15) is 4.79 Å². The van der Waals surface area contributed by atoms with Crippen LogP contribution in [0.25, 0.3) is 0 Å². The molecule has 0 aromatic heterocycles. The highest BCUT2D eigenvalue weighted by Gasteiger charge is 2.24. The van der Waals surface area contributed by atoms with Gasteiger partial charge in [0.05, 0.1) is 0 Å². The number of hydrogen-bond acceptors (Lipinski definition) is 5. The Hall–Kier alpha value is -2.37. The lowest BCUT2D eigenvalue weighted by atomic mass is 9.96. The molecule has 6 heteroatoms. The van der Waals surface area contributed by atoms with Crippen LogP contribution in [0, 0.1) is 5.41 Å². The molecule has 1 aromatic rings. The first-order valence-electron chi connectivity index (χ1n) is 4.96. The normalized spacial score (nSPS) is 12.4. The molecule has 1 aliphatic heterocycles. The van der Waals surface area contributed by atoms with E-state index in [2.05, 4.69) is 10.5 Å². The van der Waals surface area contributed by atoms with Crippen molar-refractivity contribution in [1.29, 1.82) is 5.41 Å². The first kappa shape index (κ1) is 13.7. The van der Waals surface area contributed by atoms with Crippen molar-refractivity contribution in [3.63, 3.8) is 0 Å². The van der Waals surface area contributed by atoms with E-state index in [1.54, 1.807) is 19.2 Å². The summed E-state index contributed by atoms with van der Waals surface area (Å²) in [5, 5.41) is 22.9. The molecule has 1 aromatic carbocycles. The van der Waals surface area contributed by atoms with Crippen molar-refractivity contribution in [2.75, 3.05) is 12.4 Å². The highest BCUT2D eigenvalue weighted by atomic mass is 16.6. The Bertz CT molecular complexity index is 524. The maximum atomic E-state index is 11.0. The van der Waals surface area contributed by atoms with Crippen molar-refractivity contribution in [2.45, 2.75) is 14.0 Å². The molecule has 0 radical (unpaired) electrons. The Kier molecular flexibility index (Phi) is 4.04. The third kappa shape index (κ3) is 2.04. The van der Waals surface area contributed by atoms with E-state index >= 15 is 0 Å². The van der Waals surface area contributed by atoms with Gasteiger partial charge in [0.15, 0.2) is 5.71 Å². The number of rotatable bonds is 3. The van der Waals surface area contributed by atoms with Gasteiger partial charge in [0.2, 0.25) is 0 Å². The van der Waals surface area contributed by atoms with Gasteiger partial charge >= 0.3 is 5.97 Å². The average Bonchev–Trinajstić information content (AvgIpc) is 2.36. The van der Waals surface area contributed by atoms with Crippen LogP contribution in [-0.4, -0.2) is 30.0 Å². The molecule has 0 saturated carbocycles. The molecule has 0 fully saturated rings. The number of benzene rings is 1. The molecule has 6 nitrogen and oxygen atoms in total. The van der Waals surface area contributed by atoms with Crippen LogP contribution < -0.4 is 5.32 Å². The number of oxime groups is 1. The van der Waals surface area contributed by atoms with Gasteiger partial charge in [0, 0.05) is 35.6 Å². The number of anilines is 1. The minimum Gasteiger partial charge on any atom is -0.476 e. The molecule has 1 aliphatic rings. The number of hydrogen-bond donors (Lipinski definition) is 3. The van der Waals surface area contributed by atoms with Gasteiger partial charge < -0.3 is 20.7 Å². The quantitative estimate of drug-likeness (QED) is 0.710. The van der Waals surface area contributed by atoms with Crippen molar-refractivity contribution >= 4 is 23.6 Å². The summed E-state index contributed by atoms with van der Waals surface area (Å²) in [5.41, 5.74) is 2.42. The van der Waals surface area contributed by atoms with E-state index in [0.717, 1.165) is 5.69 Å². The summed E-state index contributed by atoms with van der Waals surface area (Å²) in [6.07, 6.45) is 1.18. The third-order valence-electron chi connectivity index (χ3n) is 2.59. The zero-order valence-corrected chi connectivity index (χ0v) is 9.15. The van der Waals surface area contributed by atoms with E-state index in [1.165, 1.54) is 6.21 Å². The van der Waals surface area contributed by atoms with Crippen LogP contribution in [0.3, 0.4) is 0 Å². The summed E-state index contributed by atoms with van der Waals surface area (Å²) in [7, 11) is 1.74. The van der Waals surface area contributed by atoms with Gasteiger partial charge in [-0.2, -0.15) is 0 Å².